The van der Waals surface area contributed by atoms with Crippen LogP contribution in [-0.2, 0) is 11.2 Å². The molecule has 0 unspecified atom stereocenters. The first-order chi connectivity index (χ1) is 5.83. The van der Waals surface area contributed by atoms with Crippen molar-refractivity contribution in [3.8, 4) is 0 Å². The second-order valence-electron chi connectivity index (χ2n) is 2.74. The molecule has 2 N–H and O–H groups in total. The Balaban J connectivity index is 2.60. The molecule has 1 aromatic rings. The Kier molecular flexibility index (Phi) is 1.46. The molecule has 0 bridgehead atoms. The minimum Gasteiger partial charge on any atom is -0.383 e. The van der Waals surface area contributed by atoms with E-state index in [9.17, 15) is 4.79 Å². The molecule has 0 radical (unpaired) electrons. The number of nitrogen functional groups attached to an aromatic ring is 1. The average molecular weight is 163 g/mol. The van der Waals surface area contributed by atoms with E-state index in [1.807, 2.05) is 12.2 Å². The predicted octanol–water partition coefficient (Wildman–Crippen LogP) is 0.463. The Hall–Kier alpha value is -1.58. The zero-order chi connectivity index (χ0) is 8.55. The number of hydrogen-bond acceptors (Lipinski definition) is 3. The van der Waals surface area contributed by atoms with Crippen molar-refractivity contribution in [2.24, 2.45) is 0 Å². The smallest absolute Gasteiger partial charge is 0.236 e. The van der Waals surface area contributed by atoms with E-state index in [0.29, 0.717) is 12.2 Å². The van der Waals surface area contributed by atoms with Crippen LogP contribution in [0.25, 0.3) is 6.08 Å². The zero-order valence-electron chi connectivity index (χ0n) is 6.53. The van der Waals surface area contributed by atoms with E-state index in [2.05, 4.69) is 5.10 Å². The molecule has 1 heterocycles. The van der Waals surface area contributed by atoms with Crippen LogP contribution in [0.3, 0.4) is 0 Å². The van der Waals surface area contributed by atoms with Crippen LogP contribution in [0.15, 0.2) is 6.08 Å². The molecule has 0 saturated heterocycles. The minimum atomic E-state index is 0.441. The summed E-state index contributed by atoms with van der Waals surface area (Å²) in [5.74, 6) is 0.441. The van der Waals surface area contributed by atoms with Gasteiger partial charge in [0, 0.05) is 5.56 Å². The number of hydrogen-bond donors (Lipinski definition) is 1. The number of nitrogens with two attached hydrogens (primary N) is 1. The van der Waals surface area contributed by atoms with Gasteiger partial charge in [0.05, 0.1) is 5.69 Å². The topological polar surface area (TPSA) is 60.9 Å². The molecule has 62 valence electrons. The van der Waals surface area contributed by atoms with Crippen LogP contribution in [0.4, 0.5) is 5.82 Å². The molecule has 1 aliphatic rings. The minimum absolute atomic E-state index is 0.441. The number of aromatic nitrogens is 2. The van der Waals surface area contributed by atoms with E-state index in [0.717, 1.165) is 24.1 Å². The SMILES string of the molecule is Nc1c2c(nn1C=O)CCC=C2. The largest absolute Gasteiger partial charge is 0.383 e. The molecule has 12 heavy (non-hydrogen) atoms. The number of rotatable bonds is 1. The lowest BCUT2D eigenvalue weighted by atomic mass is 10.1. The van der Waals surface area contributed by atoms with Crippen LogP contribution < -0.4 is 5.73 Å². The van der Waals surface area contributed by atoms with E-state index >= 15 is 0 Å². The highest BCUT2D eigenvalue weighted by Crippen LogP contribution is 2.22. The van der Waals surface area contributed by atoms with Crippen molar-refractivity contribution in [1.29, 1.82) is 0 Å². The Labute approximate surface area is 69.7 Å². The Morgan fingerprint density at radius 3 is 3.17 bits per heavy atom. The fraction of sp³-hybridized carbons (Fsp3) is 0.250. The van der Waals surface area contributed by atoms with Gasteiger partial charge in [-0.15, -0.1) is 0 Å². The molecule has 4 heteroatoms. The standard InChI is InChI=1S/C8H9N3O/c9-8-6-3-1-2-4-7(6)10-11(8)5-12/h1,3,5H,2,4,9H2. The Bertz CT molecular complexity index is 351. The van der Waals surface area contributed by atoms with Gasteiger partial charge in [-0.1, -0.05) is 12.2 Å². The van der Waals surface area contributed by atoms with Gasteiger partial charge in [-0.3, -0.25) is 4.79 Å². The monoisotopic (exact) mass is 163 g/mol. The van der Waals surface area contributed by atoms with Crippen LogP contribution in [-0.4, -0.2) is 16.2 Å². The van der Waals surface area contributed by atoms with Gasteiger partial charge < -0.3 is 5.73 Å². The number of fused-ring (bicyclic) bond motifs is 1. The summed E-state index contributed by atoms with van der Waals surface area (Å²) in [6.45, 7) is 0. The molecule has 0 amide bonds. The lowest BCUT2D eigenvalue weighted by Gasteiger charge is -2.00. The summed E-state index contributed by atoms with van der Waals surface area (Å²) in [5, 5.41) is 4.04. The van der Waals surface area contributed by atoms with Gasteiger partial charge in [0.2, 0.25) is 6.41 Å². The lowest BCUT2D eigenvalue weighted by molar-refractivity contribution is 0.541. The van der Waals surface area contributed by atoms with Gasteiger partial charge in [-0.05, 0) is 12.8 Å². The van der Waals surface area contributed by atoms with Crippen molar-refractivity contribution >= 4 is 18.3 Å². The van der Waals surface area contributed by atoms with Crippen LogP contribution >= 0.6 is 0 Å². The number of carbonyl (C=O) groups is 1. The Morgan fingerprint density at radius 1 is 1.67 bits per heavy atom. The molecule has 0 saturated carbocycles. The van der Waals surface area contributed by atoms with E-state index in [1.54, 1.807) is 0 Å². The highest BCUT2D eigenvalue weighted by atomic mass is 16.1. The molecular formula is C8H9N3O. The quantitative estimate of drug-likeness (QED) is 0.612. The van der Waals surface area contributed by atoms with E-state index in [-0.39, 0.29) is 0 Å². The average Bonchev–Trinajstić information content (AvgIpc) is 2.44. The number of allylic oxidation sites excluding steroid dienone is 1. The molecule has 0 aromatic carbocycles. The maximum absolute atomic E-state index is 10.4. The van der Waals surface area contributed by atoms with Crippen LogP contribution in [0.5, 0.6) is 0 Å². The third-order valence-electron chi connectivity index (χ3n) is 1.99. The highest BCUT2D eigenvalue weighted by Gasteiger charge is 2.14. The summed E-state index contributed by atoms with van der Waals surface area (Å²) in [5.41, 5.74) is 7.47. The summed E-state index contributed by atoms with van der Waals surface area (Å²) in [6.07, 6.45) is 6.43. The maximum Gasteiger partial charge on any atom is 0.236 e. The summed E-state index contributed by atoms with van der Waals surface area (Å²) in [7, 11) is 0. The van der Waals surface area contributed by atoms with Gasteiger partial charge in [0.25, 0.3) is 0 Å². The normalized spacial score (nSPS) is 14.3. The third kappa shape index (κ3) is 0.845. The van der Waals surface area contributed by atoms with Crippen molar-refractivity contribution in [3.63, 3.8) is 0 Å². The fourth-order valence-electron chi connectivity index (χ4n) is 1.38. The zero-order valence-corrected chi connectivity index (χ0v) is 6.53. The number of carbonyl (C=O) groups excluding carboxylic acids is 1. The Morgan fingerprint density at radius 2 is 2.50 bits per heavy atom. The summed E-state index contributed by atoms with van der Waals surface area (Å²) < 4.78 is 1.18. The van der Waals surface area contributed by atoms with Gasteiger partial charge in [-0.25, -0.2) is 0 Å². The number of nitrogens with zero attached hydrogens (tertiary/aromatic N) is 2. The first-order valence-corrected chi connectivity index (χ1v) is 3.81. The molecule has 0 spiro atoms. The third-order valence-corrected chi connectivity index (χ3v) is 1.99. The van der Waals surface area contributed by atoms with Crippen LogP contribution in [0.1, 0.15) is 17.7 Å². The molecular weight excluding hydrogens is 154 g/mol. The first-order valence-electron chi connectivity index (χ1n) is 3.81. The molecule has 1 aromatic heterocycles. The molecule has 0 aliphatic heterocycles. The van der Waals surface area contributed by atoms with Crippen LogP contribution in [0, 0.1) is 0 Å². The number of anilines is 1. The highest BCUT2D eigenvalue weighted by molar-refractivity contribution is 5.71. The second-order valence-corrected chi connectivity index (χ2v) is 2.74. The predicted molar refractivity (Wildman–Crippen MR) is 46.1 cm³/mol. The van der Waals surface area contributed by atoms with Crippen molar-refractivity contribution in [1.82, 2.24) is 9.78 Å². The molecule has 0 atom stereocenters. The van der Waals surface area contributed by atoms with Crippen molar-refractivity contribution < 1.29 is 4.79 Å². The molecule has 2 rings (SSSR count). The van der Waals surface area contributed by atoms with Gasteiger partial charge in [-0.2, -0.15) is 9.78 Å². The summed E-state index contributed by atoms with van der Waals surface area (Å²) in [4.78, 5) is 10.4. The van der Waals surface area contributed by atoms with E-state index < -0.39 is 0 Å². The summed E-state index contributed by atoms with van der Waals surface area (Å²) >= 11 is 0. The first kappa shape index (κ1) is 7.09. The van der Waals surface area contributed by atoms with Gasteiger partial charge >= 0.3 is 0 Å². The van der Waals surface area contributed by atoms with Crippen molar-refractivity contribution in [3.05, 3.63) is 17.3 Å². The molecule has 1 aliphatic carbocycles. The second kappa shape index (κ2) is 2.48. The van der Waals surface area contributed by atoms with Crippen molar-refractivity contribution in [2.75, 3.05) is 5.73 Å². The molecule has 4 nitrogen and oxygen atoms in total. The van der Waals surface area contributed by atoms with E-state index in [1.165, 1.54) is 4.68 Å². The van der Waals surface area contributed by atoms with E-state index in [4.69, 9.17) is 5.73 Å². The van der Waals surface area contributed by atoms with Crippen molar-refractivity contribution in [2.45, 2.75) is 12.8 Å². The fourth-order valence-corrected chi connectivity index (χ4v) is 1.38. The van der Waals surface area contributed by atoms with Gasteiger partial charge in [0.15, 0.2) is 0 Å². The number of aryl methyl sites for hydroxylation is 1. The van der Waals surface area contributed by atoms with Crippen LogP contribution in [0.2, 0.25) is 0 Å². The van der Waals surface area contributed by atoms with Gasteiger partial charge in [0.1, 0.15) is 5.82 Å². The summed E-state index contributed by atoms with van der Waals surface area (Å²) in [6, 6.07) is 0. The maximum atomic E-state index is 10.4. The molecule has 0 fully saturated rings. The lowest BCUT2D eigenvalue weighted by Crippen LogP contribution is -2.02.